The second kappa shape index (κ2) is 7.64. The van der Waals surface area contributed by atoms with Crippen LogP contribution in [0.25, 0.3) is 0 Å². The summed E-state index contributed by atoms with van der Waals surface area (Å²) in [6.07, 6.45) is 1.65. The van der Waals surface area contributed by atoms with Crippen LogP contribution in [0, 0.1) is 0 Å². The van der Waals surface area contributed by atoms with E-state index in [-0.39, 0.29) is 10.0 Å². The van der Waals surface area contributed by atoms with Gasteiger partial charge in [-0.2, -0.15) is 16.4 Å². The molecule has 0 fully saturated rings. The Balaban J connectivity index is 2.01. The molecule has 0 amide bonds. The second-order valence-electron chi connectivity index (χ2n) is 4.70. The fraction of sp³-hybridized carbons (Fsp3) is 0.143. The van der Waals surface area contributed by atoms with Crippen LogP contribution >= 0.6 is 23.6 Å². The summed E-state index contributed by atoms with van der Waals surface area (Å²) >= 11 is 6.70. The van der Waals surface area contributed by atoms with Crippen molar-refractivity contribution in [3.8, 4) is 0 Å². The van der Waals surface area contributed by atoms with Crippen molar-refractivity contribution in [2.24, 2.45) is 5.10 Å². The summed E-state index contributed by atoms with van der Waals surface area (Å²) in [5.74, 6) is 0. The highest BCUT2D eigenvalue weighted by molar-refractivity contribution is 7.89. The van der Waals surface area contributed by atoms with Crippen molar-refractivity contribution in [1.82, 2.24) is 9.73 Å². The number of anilines is 1. The molecule has 23 heavy (non-hydrogen) atoms. The standard InChI is InChI=1S/C14H16N4O2S3/c1-18(2)23(19,20)13-5-3-4-12(8-13)16-14(21)17-15-9-11-6-7-22-10-11/h3-10H,1-2H3,(H2,16,17,21)/b15-9-. The van der Waals surface area contributed by atoms with Crippen LogP contribution < -0.4 is 10.7 Å². The zero-order chi connectivity index (χ0) is 16.9. The first-order chi connectivity index (χ1) is 10.9. The largest absolute Gasteiger partial charge is 0.331 e. The molecular formula is C14H16N4O2S3. The van der Waals surface area contributed by atoms with E-state index >= 15 is 0 Å². The fourth-order valence-electron chi connectivity index (χ4n) is 1.62. The molecular weight excluding hydrogens is 352 g/mol. The lowest BCUT2D eigenvalue weighted by Crippen LogP contribution is -2.25. The number of thiophene rings is 1. The molecule has 0 aliphatic rings. The highest BCUT2D eigenvalue weighted by atomic mass is 32.2. The third-order valence-electron chi connectivity index (χ3n) is 2.79. The van der Waals surface area contributed by atoms with Gasteiger partial charge in [0.05, 0.1) is 11.1 Å². The first-order valence-corrected chi connectivity index (χ1v) is 9.33. The van der Waals surface area contributed by atoms with Crippen molar-refractivity contribution < 1.29 is 8.42 Å². The van der Waals surface area contributed by atoms with E-state index in [2.05, 4.69) is 15.8 Å². The maximum atomic E-state index is 12.1. The molecule has 1 heterocycles. The SMILES string of the molecule is CN(C)S(=O)(=O)c1cccc(NC(=S)N/N=C\c2ccsc2)c1. The van der Waals surface area contributed by atoms with E-state index in [9.17, 15) is 8.42 Å². The van der Waals surface area contributed by atoms with Crippen molar-refractivity contribution in [1.29, 1.82) is 0 Å². The first kappa shape index (κ1) is 17.5. The summed E-state index contributed by atoms with van der Waals surface area (Å²) < 4.78 is 25.4. The Hall–Kier alpha value is -1.81. The third-order valence-corrected chi connectivity index (χ3v) is 5.50. The minimum absolute atomic E-state index is 0.192. The molecule has 122 valence electrons. The maximum Gasteiger partial charge on any atom is 0.242 e. The normalized spacial score (nSPS) is 11.8. The quantitative estimate of drug-likeness (QED) is 0.481. The number of hydrogen-bond donors (Lipinski definition) is 2. The summed E-state index contributed by atoms with van der Waals surface area (Å²) in [5, 5.41) is 11.1. The lowest BCUT2D eigenvalue weighted by atomic mass is 10.3. The topological polar surface area (TPSA) is 73.8 Å². The molecule has 0 radical (unpaired) electrons. The van der Waals surface area contributed by atoms with E-state index in [0.717, 1.165) is 9.87 Å². The summed E-state index contributed by atoms with van der Waals surface area (Å²) in [6, 6.07) is 8.36. The highest BCUT2D eigenvalue weighted by Crippen LogP contribution is 2.17. The molecule has 0 spiro atoms. The molecule has 0 unspecified atom stereocenters. The van der Waals surface area contributed by atoms with Gasteiger partial charge in [-0.1, -0.05) is 6.07 Å². The number of nitrogens with one attached hydrogen (secondary N) is 2. The van der Waals surface area contributed by atoms with Gasteiger partial charge in [-0.15, -0.1) is 0 Å². The van der Waals surface area contributed by atoms with Gasteiger partial charge < -0.3 is 5.32 Å². The number of hydrogen-bond acceptors (Lipinski definition) is 5. The summed E-state index contributed by atoms with van der Waals surface area (Å²) in [4.78, 5) is 0.192. The molecule has 0 aliphatic heterocycles. The highest BCUT2D eigenvalue weighted by Gasteiger charge is 2.17. The van der Waals surface area contributed by atoms with Crippen LogP contribution in [-0.2, 0) is 10.0 Å². The lowest BCUT2D eigenvalue weighted by Gasteiger charge is -2.13. The fourth-order valence-corrected chi connectivity index (χ4v) is 3.35. The van der Waals surface area contributed by atoms with Crippen LogP contribution in [0.2, 0.25) is 0 Å². The zero-order valence-corrected chi connectivity index (χ0v) is 15.0. The lowest BCUT2D eigenvalue weighted by molar-refractivity contribution is 0.521. The minimum atomic E-state index is -3.48. The van der Waals surface area contributed by atoms with Crippen molar-refractivity contribution >= 4 is 50.6 Å². The molecule has 2 N–H and O–H groups in total. The van der Waals surface area contributed by atoms with Gasteiger partial charge in [-0.25, -0.2) is 12.7 Å². The molecule has 1 aromatic heterocycles. The van der Waals surface area contributed by atoms with Crippen molar-refractivity contribution in [2.45, 2.75) is 4.90 Å². The average molecular weight is 369 g/mol. The van der Waals surface area contributed by atoms with Gasteiger partial charge >= 0.3 is 0 Å². The summed E-state index contributed by atoms with van der Waals surface area (Å²) in [6.45, 7) is 0. The molecule has 0 aliphatic carbocycles. The van der Waals surface area contributed by atoms with Gasteiger partial charge in [-0.05, 0) is 47.2 Å². The Morgan fingerprint density at radius 2 is 2.13 bits per heavy atom. The molecule has 1 aromatic carbocycles. The smallest absolute Gasteiger partial charge is 0.242 e. The van der Waals surface area contributed by atoms with Gasteiger partial charge in [0, 0.05) is 25.3 Å². The maximum absolute atomic E-state index is 12.1. The van der Waals surface area contributed by atoms with E-state index < -0.39 is 10.0 Å². The van der Waals surface area contributed by atoms with E-state index in [1.807, 2.05) is 16.8 Å². The number of sulfonamides is 1. The van der Waals surface area contributed by atoms with Crippen LogP contribution in [-0.4, -0.2) is 38.1 Å². The number of thiocarbonyl (C=S) groups is 1. The number of nitrogens with zero attached hydrogens (tertiary/aromatic N) is 2. The third kappa shape index (κ3) is 4.83. The molecule has 0 saturated carbocycles. The first-order valence-electron chi connectivity index (χ1n) is 6.54. The molecule has 0 atom stereocenters. The van der Waals surface area contributed by atoms with Crippen LogP contribution in [0.15, 0.2) is 51.1 Å². The van der Waals surface area contributed by atoms with E-state index in [0.29, 0.717) is 5.69 Å². The number of rotatable bonds is 5. The molecule has 9 heteroatoms. The Morgan fingerprint density at radius 3 is 2.78 bits per heavy atom. The van der Waals surface area contributed by atoms with Gasteiger partial charge in [0.2, 0.25) is 10.0 Å². The zero-order valence-electron chi connectivity index (χ0n) is 12.6. The van der Waals surface area contributed by atoms with E-state index in [4.69, 9.17) is 12.2 Å². The van der Waals surface area contributed by atoms with Crippen molar-refractivity contribution in [2.75, 3.05) is 19.4 Å². The second-order valence-corrected chi connectivity index (χ2v) is 8.04. The Kier molecular flexibility index (Phi) is 5.83. The van der Waals surface area contributed by atoms with Gasteiger partial charge in [0.15, 0.2) is 5.11 Å². The molecule has 2 aromatic rings. The van der Waals surface area contributed by atoms with Crippen molar-refractivity contribution in [3.63, 3.8) is 0 Å². The Bertz CT molecular complexity index is 799. The van der Waals surface area contributed by atoms with E-state index in [1.165, 1.54) is 26.2 Å². The van der Waals surface area contributed by atoms with Crippen molar-refractivity contribution in [3.05, 3.63) is 46.7 Å². The molecule has 0 saturated heterocycles. The van der Waals surface area contributed by atoms with Gasteiger partial charge in [-0.3, -0.25) is 5.43 Å². The van der Waals surface area contributed by atoms with Crippen LogP contribution in [0.4, 0.5) is 5.69 Å². The molecule has 0 bridgehead atoms. The number of hydrazone groups is 1. The molecule has 6 nitrogen and oxygen atoms in total. The summed E-state index contributed by atoms with van der Waals surface area (Å²) in [7, 11) is -0.507. The Morgan fingerprint density at radius 1 is 1.35 bits per heavy atom. The van der Waals surface area contributed by atoms with Gasteiger partial charge in [0.25, 0.3) is 0 Å². The summed E-state index contributed by atoms with van der Waals surface area (Å²) in [5.41, 5.74) is 4.23. The average Bonchev–Trinajstić information content (AvgIpc) is 3.00. The minimum Gasteiger partial charge on any atom is -0.331 e. The predicted octanol–water partition coefficient (Wildman–Crippen LogP) is 2.32. The van der Waals surface area contributed by atoms with E-state index in [1.54, 1.807) is 29.7 Å². The van der Waals surface area contributed by atoms with Crippen LogP contribution in [0.1, 0.15) is 5.56 Å². The Labute approximate surface area is 144 Å². The van der Waals surface area contributed by atoms with Crippen LogP contribution in [0.3, 0.4) is 0 Å². The molecule has 2 rings (SSSR count). The number of benzene rings is 1. The monoisotopic (exact) mass is 368 g/mol. The van der Waals surface area contributed by atoms with Gasteiger partial charge in [0.1, 0.15) is 0 Å². The van der Waals surface area contributed by atoms with Crippen LogP contribution in [0.5, 0.6) is 0 Å². The predicted molar refractivity (Wildman–Crippen MR) is 98.6 cm³/mol.